The topological polar surface area (TPSA) is 17.8 Å². The van der Waals surface area contributed by atoms with Crippen LogP contribution in [0, 0.1) is 5.82 Å². The Balaban J connectivity index is 2.18. The molecule has 0 bridgehead atoms. The van der Waals surface area contributed by atoms with E-state index >= 15 is 0 Å². The zero-order chi connectivity index (χ0) is 12.7. The molecule has 0 saturated heterocycles. The molecule has 1 aromatic heterocycles. The molecule has 94 valence electrons. The molecule has 0 unspecified atom stereocenters. The van der Waals surface area contributed by atoms with Crippen LogP contribution in [0.25, 0.3) is 11.3 Å². The van der Waals surface area contributed by atoms with E-state index in [1.54, 1.807) is 12.1 Å². The van der Waals surface area contributed by atoms with Gasteiger partial charge in [0, 0.05) is 18.3 Å². The lowest BCUT2D eigenvalue weighted by atomic mass is 10.0. The van der Waals surface area contributed by atoms with E-state index in [1.807, 2.05) is 17.8 Å². The highest BCUT2D eigenvalue weighted by atomic mass is 35.5. The third-order valence-corrected chi connectivity index (χ3v) is 3.65. The monoisotopic (exact) mass is 264 g/mol. The predicted molar refractivity (Wildman–Crippen MR) is 70.3 cm³/mol. The van der Waals surface area contributed by atoms with Crippen LogP contribution in [0.1, 0.15) is 31.2 Å². The van der Waals surface area contributed by atoms with Gasteiger partial charge in [0.25, 0.3) is 0 Å². The summed E-state index contributed by atoms with van der Waals surface area (Å²) in [5, 5.41) is 4.90. The van der Waals surface area contributed by atoms with Crippen LogP contribution in [0.3, 0.4) is 0 Å². The number of benzene rings is 1. The molecule has 1 fully saturated rings. The molecular weight excluding hydrogens is 251 g/mol. The van der Waals surface area contributed by atoms with Crippen LogP contribution >= 0.6 is 11.6 Å². The van der Waals surface area contributed by atoms with Gasteiger partial charge >= 0.3 is 0 Å². The van der Waals surface area contributed by atoms with Crippen LogP contribution in [0.5, 0.6) is 0 Å². The molecule has 1 aliphatic carbocycles. The number of aryl methyl sites for hydroxylation is 1. The fourth-order valence-corrected chi connectivity index (χ4v) is 2.46. The van der Waals surface area contributed by atoms with Gasteiger partial charge in [0.05, 0.1) is 10.6 Å². The molecule has 2 aromatic rings. The van der Waals surface area contributed by atoms with Crippen LogP contribution in [0.4, 0.5) is 4.39 Å². The average molecular weight is 265 g/mol. The Kier molecular flexibility index (Phi) is 2.86. The zero-order valence-corrected chi connectivity index (χ0v) is 10.9. The summed E-state index contributed by atoms with van der Waals surface area (Å²) < 4.78 is 15.8. The Morgan fingerprint density at radius 3 is 2.83 bits per heavy atom. The first kappa shape index (κ1) is 11.7. The first-order valence-electron chi connectivity index (χ1n) is 6.22. The van der Waals surface area contributed by atoms with Gasteiger partial charge in [0.2, 0.25) is 0 Å². The number of halogens is 2. The molecule has 0 atom stereocenters. The molecule has 0 spiro atoms. The summed E-state index contributed by atoms with van der Waals surface area (Å²) in [6.45, 7) is 2.81. The summed E-state index contributed by atoms with van der Waals surface area (Å²) >= 11 is 6.12. The van der Waals surface area contributed by atoms with Crippen molar-refractivity contribution in [2.24, 2.45) is 0 Å². The molecule has 1 aromatic carbocycles. The number of rotatable bonds is 3. The van der Waals surface area contributed by atoms with Crippen molar-refractivity contribution >= 4 is 11.6 Å². The van der Waals surface area contributed by atoms with E-state index in [2.05, 4.69) is 5.10 Å². The molecule has 1 aliphatic rings. The summed E-state index contributed by atoms with van der Waals surface area (Å²) in [5.41, 5.74) is 2.28. The van der Waals surface area contributed by atoms with Crippen molar-refractivity contribution in [2.45, 2.75) is 32.2 Å². The molecule has 0 aliphatic heterocycles. The normalized spacial score (nSPS) is 15.1. The summed E-state index contributed by atoms with van der Waals surface area (Å²) in [6.07, 6.45) is 4.35. The van der Waals surface area contributed by atoms with Gasteiger partial charge in [-0.15, -0.1) is 0 Å². The summed E-state index contributed by atoms with van der Waals surface area (Å²) in [4.78, 5) is 0. The van der Waals surface area contributed by atoms with Gasteiger partial charge in [-0.05, 0) is 37.8 Å². The zero-order valence-electron chi connectivity index (χ0n) is 10.2. The second kappa shape index (κ2) is 4.39. The van der Waals surface area contributed by atoms with Gasteiger partial charge < -0.3 is 0 Å². The van der Waals surface area contributed by atoms with Gasteiger partial charge in [0.1, 0.15) is 11.5 Å². The summed E-state index contributed by atoms with van der Waals surface area (Å²) in [7, 11) is 0. The lowest BCUT2D eigenvalue weighted by Crippen LogP contribution is -1.95. The molecule has 1 saturated carbocycles. The highest BCUT2D eigenvalue weighted by Crippen LogP contribution is 2.45. The standard InChI is InChI=1S/C14H14ClFN2/c1-2-18-8-10(9-6-7-9)14(17-18)13-11(15)4-3-5-12(13)16/h3-5,8-9H,2,6-7H2,1H3. The SMILES string of the molecule is CCn1cc(C2CC2)c(-c2c(F)cccc2Cl)n1. The molecule has 0 radical (unpaired) electrons. The largest absolute Gasteiger partial charge is 0.272 e. The fraction of sp³-hybridized carbons (Fsp3) is 0.357. The highest BCUT2D eigenvalue weighted by molar-refractivity contribution is 6.33. The minimum atomic E-state index is -0.300. The minimum absolute atomic E-state index is 0.300. The van der Waals surface area contributed by atoms with Crippen molar-refractivity contribution in [3.05, 3.63) is 40.8 Å². The van der Waals surface area contributed by atoms with Crippen LogP contribution < -0.4 is 0 Å². The van der Waals surface area contributed by atoms with E-state index in [9.17, 15) is 4.39 Å². The fourth-order valence-electron chi connectivity index (χ4n) is 2.21. The molecular formula is C14H14ClFN2. The van der Waals surface area contributed by atoms with Crippen molar-refractivity contribution in [2.75, 3.05) is 0 Å². The first-order valence-corrected chi connectivity index (χ1v) is 6.60. The molecule has 18 heavy (non-hydrogen) atoms. The molecule has 1 heterocycles. The van der Waals surface area contributed by atoms with E-state index in [4.69, 9.17) is 11.6 Å². The minimum Gasteiger partial charge on any atom is -0.272 e. The van der Waals surface area contributed by atoms with Crippen molar-refractivity contribution in [3.8, 4) is 11.3 Å². The second-order valence-electron chi connectivity index (χ2n) is 4.66. The van der Waals surface area contributed by atoms with E-state index in [0.29, 0.717) is 22.2 Å². The Hall–Kier alpha value is -1.35. The summed E-state index contributed by atoms with van der Waals surface area (Å²) in [6, 6.07) is 4.76. The van der Waals surface area contributed by atoms with Crippen LogP contribution in [0.15, 0.2) is 24.4 Å². The maximum atomic E-state index is 14.0. The van der Waals surface area contributed by atoms with E-state index < -0.39 is 0 Å². The van der Waals surface area contributed by atoms with Crippen molar-refractivity contribution < 1.29 is 4.39 Å². The van der Waals surface area contributed by atoms with Gasteiger partial charge in [-0.3, -0.25) is 4.68 Å². The van der Waals surface area contributed by atoms with Crippen LogP contribution in [0.2, 0.25) is 5.02 Å². The number of hydrogen-bond donors (Lipinski definition) is 0. The number of hydrogen-bond acceptors (Lipinski definition) is 1. The third kappa shape index (κ3) is 1.93. The van der Waals surface area contributed by atoms with Crippen molar-refractivity contribution in [3.63, 3.8) is 0 Å². The van der Waals surface area contributed by atoms with Gasteiger partial charge in [0.15, 0.2) is 0 Å². The highest BCUT2D eigenvalue weighted by Gasteiger charge is 2.30. The molecule has 4 heteroatoms. The Morgan fingerprint density at radius 2 is 2.22 bits per heavy atom. The summed E-state index contributed by atoms with van der Waals surface area (Å²) in [5.74, 6) is 0.224. The van der Waals surface area contributed by atoms with Crippen LogP contribution in [-0.2, 0) is 6.54 Å². The van der Waals surface area contributed by atoms with Crippen molar-refractivity contribution in [1.29, 1.82) is 0 Å². The molecule has 0 N–H and O–H groups in total. The smallest absolute Gasteiger partial charge is 0.134 e. The van der Waals surface area contributed by atoms with Gasteiger partial charge in [-0.25, -0.2) is 4.39 Å². The lowest BCUT2D eigenvalue weighted by Gasteiger charge is -2.05. The quantitative estimate of drug-likeness (QED) is 0.811. The molecule has 3 rings (SSSR count). The second-order valence-corrected chi connectivity index (χ2v) is 5.07. The number of aromatic nitrogens is 2. The van der Waals surface area contributed by atoms with Gasteiger partial charge in [-0.1, -0.05) is 17.7 Å². The Labute approximate surface area is 110 Å². The lowest BCUT2D eigenvalue weighted by molar-refractivity contribution is 0.627. The maximum absolute atomic E-state index is 14.0. The predicted octanol–water partition coefficient (Wildman–Crippen LogP) is 4.24. The Morgan fingerprint density at radius 1 is 1.44 bits per heavy atom. The third-order valence-electron chi connectivity index (χ3n) is 3.33. The van der Waals surface area contributed by atoms with Crippen molar-refractivity contribution in [1.82, 2.24) is 9.78 Å². The molecule has 2 nitrogen and oxygen atoms in total. The van der Waals surface area contributed by atoms with E-state index in [-0.39, 0.29) is 5.82 Å². The average Bonchev–Trinajstić information content (AvgIpc) is 3.10. The maximum Gasteiger partial charge on any atom is 0.134 e. The van der Waals surface area contributed by atoms with E-state index in [1.165, 1.54) is 6.07 Å². The molecule has 0 amide bonds. The number of nitrogens with zero attached hydrogens (tertiary/aromatic N) is 2. The Bertz CT molecular complexity index is 567. The van der Waals surface area contributed by atoms with Gasteiger partial charge in [-0.2, -0.15) is 5.10 Å². The first-order chi connectivity index (χ1) is 8.70. The van der Waals surface area contributed by atoms with E-state index in [0.717, 1.165) is 24.9 Å². The van der Waals surface area contributed by atoms with Crippen LogP contribution in [-0.4, -0.2) is 9.78 Å².